The third kappa shape index (κ3) is 6.43. The number of piperazine rings is 1. The number of carbonyl (C=O) groups excluding carboxylic acids is 1. The quantitative estimate of drug-likeness (QED) is 0.220. The number of amides is 1. The van der Waals surface area contributed by atoms with Crippen LogP contribution in [0.3, 0.4) is 0 Å². The van der Waals surface area contributed by atoms with E-state index in [1.54, 1.807) is 29.6 Å². The summed E-state index contributed by atoms with van der Waals surface area (Å²) >= 11 is 7.91. The summed E-state index contributed by atoms with van der Waals surface area (Å²) in [5, 5.41) is 5.84. The second-order valence-electron chi connectivity index (χ2n) is 12.0. The normalized spacial score (nSPS) is 18.0. The van der Waals surface area contributed by atoms with Gasteiger partial charge >= 0.3 is 6.18 Å². The molecule has 4 aromatic rings. The molecule has 6 rings (SSSR count). The number of fused-ring (bicyclic) bond motifs is 2. The maximum Gasteiger partial charge on any atom is 0.433 e. The lowest BCUT2D eigenvalue weighted by Crippen LogP contribution is -2.53. The molecule has 13 heteroatoms. The first-order valence-corrected chi connectivity index (χ1v) is 16.4. The summed E-state index contributed by atoms with van der Waals surface area (Å²) in [7, 11) is 0. The number of pyridine rings is 2. The van der Waals surface area contributed by atoms with Crippen LogP contribution in [0, 0.1) is 5.92 Å². The number of halogens is 4. The number of hydrogen-bond acceptors (Lipinski definition) is 7. The third-order valence-electron chi connectivity index (χ3n) is 8.19. The molecule has 0 unspecified atom stereocenters. The molecule has 8 nitrogen and oxygen atoms in total. The zero-order chi connectivity index (χ0) is 32.7. The van der Waals surface area contributed by atoms with Crippen LogP contribution in [0.5, 0.6) is 5.75 Å². The summed E-state index contributed by atoms with van der Waals surface area (Å²) in [6, 6.07) is 9.33. The Morgan fingerprint density at radius 1 is 1.15 bits per heavy atom. The molecule has 2 fully saturated rings. The second-order valence-corrected chi connectivity index (χ2v) is 13.3. The van der Waals surface area contributed by atoms with E-state index >= 15 is 0 Å². The SMILES string of the molecule is CCOc1ccc(Cl)c(-n2c(CC(C)C)c(C(=O)N3C[C@H]4CC[C@@H](C3)N4)cc(-c3nc(-c4ccc(C(F)(F)F)nc4)cs3)c2=O)c1. The Labute approximate surface area is 273 Å². The van der Waals surface area contributed by atoms with E-state index in [2.05, 4.69) is 15.3 Å². The molecule has 0 spiro atoms. The van der Waals surface area contributed by atoms with E-state index in [-0.39, 0.29) is 29.5 Å². The van der Waals surface area contributed by atoms with Gasteiger partial charge in [0.2, 0.25) is 0 Å². The fraction of sp³-hybridized carbons (Fsp3) is 0.394. The Morgan fingerprint density at radius 2 is 1.89 bits per heavy atom. The van der Waals surface area contributed by atoms with Crippen LogP contribution in [0.15, 0.2) is 52.8 Å². The minimum atomic E-state index is -4.57. The minimum absolute atomic E-state index is 0.0924. The standard InChI is InChI=1S/C33H33ClF3N5O3S/c1-4-45-22-8-9-25(34)28(12-22)42-27(11-18(2)3)23(31(43)41-15-20-6-7-21(16-41)39-20)13-24(32(42)44)30-40-26(17-46-30)19-5-10-29(38-14-19)33(35,36)37/h5,8-10,12-14,17-18,20-21,39H,4,6-7,11,15-16H2,1-3H3/t20-,21+. The van der Waals surface area contributed by atoms with Gasteiger partial charge in [-0.1, -0.05) is 25.4 Å². The number of hydrogen-bond donors (Lipinski definition) is 1. The molecule has 2 bridgehead atoms. The number of nitrogens with zero attached hydrogens (tertiary/aromatic N) is 4. The molecule has 46 heavy (non-hydrogen) atoms. The van der Waals surface area contributed by atoms with Crippen molar-refractivity contribution in [2.24, 2.45) is 5.92 Å². The van der Waals surface area contributed by atoms with Crippen LogP contribution in [0.1, 0.15) is 55.4 Å². The average molecular weight is 672 g/mol. The maximum absolute atomic E-state index is 14.5. The van der Waals surface area contributed by atoms with Crippen LogP contribution < -0.4 is 15.6 Å². The molecule has 2 aliphatic rings. The van der Waals surface area contributed by atoms with Gasteiger partial charge in [-0.3, -0.25) is 19.1 Å². The fourth-order valence-corrected chi connectivity index (χ4v) is 7.17. The highest BCUT2D eigenvalue weighted by Crippen LogP contribution is 2.34. The zero-order valence-corrected chi connectivity index (χ0v) is 27.1. The van der Waals surface area contributed by atoms with E-state index in [1.807, 2.05) is 25.7 Å². The number of thiazole rings is 1. The van der Waals surface area contributed by atoms with E-state index in [9.17, 15) is 22.8 Å². The van der Waals surface area contributed by atoms with Gasteiger partial charge in [-0.05, 0) is 62.4 Å². The monoisotopic (exact) mass is 671 g/mol. The predicted octanol–water partition coefficient (Wildman–Crippen LogP) is 6.87. The fourth-order valence-electron chi connectivity index (χ4n) is 6.13. The van der Waals surface area contributed by atoms with E-state index in [1.165, 1.54) is 10.6 Å². The molecule has 1 N–H and O–H groups in total. The molecular weight excluding hydrogens is 639 g/mol. The number of carbonyl (C=O) groups is 1. The van der Waals surface area contributed by atoms with Crippen molar-refractivity contribution in [1.82, 2.24) is 24.8 Å². The van der Waals surface area contributed by atoms with Crippen molar-refractivity contribution in [1.29, 1.82) is 0 Å². The van der Waals surface area contributed by atoms with Gasteiger partial charge in [0.05, 0.1) is 34.1 Å². The molecule has 1 amide bonds. The van der Waals surface area contributed by atoms with Gasteiger partial charge in [-0.2, -0.15) is 13.2 Å². The Kier molecular flexibility index (Phi) is 8.97. The third-order valence-corrected chi connectivity index (χ3v) is 9.39. The molecule has 1 aromatic carbocycles. The summed E-state index contributed by atoms with van der Waals surface area (Å²) in [5.74, 6) is 0.437. The van der Waals surface area contributed by atoms with Crippen LogP contribution in [0.4, 0.5) is 13.2 Å². The summed E-state index contributed by atoms with van der Waals surface area (Å²) in [6.45, 7) is 7.43. The van der Waals surface area contributed by atoms with Gasteiger partial charge in [0.1, 0.15) is 16.5 Å². The minimum Gasteiger partial charge on any atom is -0.494 e. The number of rotatable bonds is 8. The molecule has 0 saturated carbocycles. The first kappa shape index (κ1) is 32.2. The molecule has 2 atom stereocenters. The Morgan fingerprint density at radius 3 is 2.52 bits per heavy atom. The van der Waals surface area contributed by atoms with E-state index in [4.69, 9.17) is 16.3 Å². The molecule has 0 aliphatic carbocycles. The number of benzene rings is 1. The second kappa shape index (κ2) is 12.8. The summed E-state index contributed by atoms with van der Waals surface area (Å²) in [4.78, 5) is 39.0. The first-order chi connectivity index (χ1) is 21.9. The summed E-state index contributed by atoms with van der Waals surface area (Å²) in [5.41, 5.74) is 0.791. The highest BCUT2D eigenvalue weighted by molar-refractivity contribution is 7.13. The number of alkyl halides is 3. The van der Waals surface area contributed by atoms with Crippen LogP contribution in [0.25, 0.3) is 27.5 Å². The topological polar surface area (TPSA) is 89.3 Å². The van der Waals surface area contributed by atoms with Gasteiger partial charge in [0, 0.05) is 54.1 Å². The average Bonchev–Trinajstić information content (AvgIpc) is 3.64. The molecule has 0 radical (unpaired) electrons. The number of nitrogens with one attached hydrogen (secondary N) is 1. The molecule has 242 valence electrons. The van der Waals surface area contributed by atoms with Crippen molar-refractivity contribution in [2.45, 2.75) is 58.3 Å². The largest absolute Gasteiger partial charge is 0.494 e. The van der Waals surface area contributed by atoms with Crippen molar-refractivity contribution in [2.75, 3.05) is 19.7 Å². The zero-order valence-electron chi connectivity index (χ0n) is 25.5. The van der Waals surface area contributed by atoms with Crippen molar-refractivity contribution in [3.05, 3.63) is 80.3 Å². The predicted molar refractivity (Wildman–Crippen MR) is 172 cm³/mol. The van der Waals surface area contributed by atoms with Gasteiger partial charge in [0.15, 0.2) is 0 Å². The lowest BCUT2D eigenvalue weighted by molar-refractivity contribution is -0.141. The Hall–Kier alpha value is -3.74. The number of aromatic nitrogens is 3. The maximum atomic E-state index is 14.5. The van der Waals surface area contributed by atoms with E-state index < -0.39 is 17.4 Å². The van der Waals surface area contributed by atoms with E-state index in [0.717, 1.165) is 36.4 Å². The summed E-state index contributed by atoms with van der Waals surface area (Å²) < 4.78 is 46.5. The van der Waals surface area contributed by atoms with Crippen LogP contribution in [-0.2, 0) is 12.6 Å². The lowest BCUT2D eigenvalue weighted by atomic mass is 9.99. The molecule has 2 saturated heterocycles. The van der Waals surface area contributed by atoms with Crippen molar-refractivity contribution in [3.8, 4) is 33.3 Å². The lowest BCUT2D eigenvalue weighted by Gasteiger charge is -2.34. The van der Waals surface area contributed by atoms with Gasteiger partial charge in [-0.25, -0.2) is 4.98 Å². The van der Waals surface area contributed by atoms with Crippen molar-refractivity contribution < 1.29 is 22.7 Å². The van der Waals surface area contributed by atoms with E-state index in [0.29, 0.717) is 70.1 Å². The molecule has 5 heterocycles. The van der Waals surface area contributed by atoms with Crippen LogP contribution in [0.2, 0.25) is 5.02 Å². The smallest absolute Gasteiger partial charge is 0.433 e. The summed E-state index contributed by atoms with van der Waals surface area (Å²) in [6.07, 6.45) is -1.04. The molecular formula is C33H33ClF3N5O3S. The van der Waals surface area contributed by atoms with Crippen molar-refractivity contribution in [3.63, 3.8) is 0 Å². The van der Waals surface area contributed by atoms with Gasteiger partial charge in [0.25, 0.3) is 11.5 Å². The van der Waals surface area contributed by atoms with Crippen molar-refractivity contribution >= 4 is 28.8 Å². The van der Waals surface area contributed by atoms with Crippen LogP contribution in [-0.4, -0.2) is 57.1 Å². The first-order valence-electron chi connectivity index (χ1n) is 15.2. The molecule has 2 aliphatic heterocycles. The Balaban J connectivity index is 1.53. The number of likely N-dealkylation sites (tertiary alicyclic amines) is 1. The van der Waals surface area contributed by atoms with Crippen LogP contribution >= 0.6 is 22.9 Å². The highest BCUT2D eigenvalue weighted by atomic mass is 35.5. The molecule has 3 aromatic heterocycles. The Bertz CT molecular complexity index is 1810. The van der Waals surface area contributed by atoms with Gasteiger partial charge < -0.3 is 15.0 Å². The van der Waals surface area contributed by atoms with Gasteiger partial charge in [-0.15, -0.1) is 11.3 Å². The number of ether oxygens (including phenoxy) is 1. The highest BCUT2D eigenvalue weighted by Gasteiger charge is 2.36.